The quantitative estimate of drug-likeness (QED) is 0.270. The van der Waals surface area contributed by atoms with Gasteiger partial charge in [-0.3, -0.25) is 4.79 Å². The number of aliphatic carboxylic acids is 1. The molecule has 168 valence electrons. The van der Waals surface area contributed by atoms with Crippen molar-refractivity contribution < 1.29 is 23.1 Å². The van der Waals surface area contributed by atoms with Crippen molar-refractivity contribution in [2.45, 2.75) is 70.4 Å². The number of hydrogen-bond donors (Lipinski definition) is 4. The molecule has 30 heavy (non-hydrogen) atoms. The molecular weight excluding hydrogens is 408 g/mol. The number of carboxylic acid groups (broad SMARTS) is 1. The standard InChI is InChI=1S/C20H32N4O5S/c1-11-12(2)17(13(3)14-10-20(4,5)29-16(11)14)30(27,28)24-19(21)23-9-7-8-15(22-6)18(25)26/h15,22H,7-10H2,1-6H3,(H,25,26)(H3,21,23,24)/t15-/m0/s1. The number of ether oxygens (including phenoxy) is 1. The molecule has 1 heterocycles. The molecule has 0 spiro atoms. The monoisotopic (exact) mass is 440 g/mol. The number of carboxylic acids is 1. The minimum Gasteiger partial charge on any atom is -0.487 e. The molecular formula is C20H32N4O5S. The van der Waals surface area contributed by atoms with Crippen molar-refractivity contribution in [3.63, 3.8) is 0 Å². The first kappa shape index (κ1) is 23.9. The number of carbonyl (C=O) groups is 1. The fourth-order valence-corrected chi connectivity index (χ4v) is 5.22. The lowest BCUT2D eigenvalue weighted by atomic mass is 9.94. The second-order valence-electron chi connectivity index (χ2n) is 8.25. The maximum Gasteiger partial charge on any atom is 0.320 e. The Bertz CT molecular complexity index is 970. The van der Waals surface area contributed by atoms with Crippen molar-refractivity contribution in [3.05, 3.63) is 22.3 Å². The van der Waals surface area contributed by atoms with Crippen molar-refractivity contribution in [2.75, 3.05) is 13.6 Å². The average Bonchev–Trinajstić information content (AvgIpc) is 2.95. The van der Waals surface area contributed by atoms with E-state index in [9.17, 15) is 13.2 Å². The summed E-state index contributed by atoms with van der Waals surface area (Å²) in [7, 11) is -2.46. The first-order valence-corrected chi connectivity index (χ1v) is 11.3. The highest BCUT2D eigenvalue weighted by Gasteiger charge is 2.36. The Labute approximate surface area is 178 Å². The van der Waals surface area contributed by atoms with Crippen molar-refractivity contribution in [2.24, 2.45) is 10.1 Å². The lowest BCUT2D eigenvalue weighted by Gasteiger charge is -2.18. The molecule has 10 heteroatoms. The van der Waals surface area contributed by atoms with Crippen LogP contribution in [0.2, 0.25) is 0 Å². The first-order chi connectivity index (χ1) is 13.8. The van der Waals surface area contributed by atoms with Crippen molar-refractivity contribution in [3.8, 4) is 5.75 Å². The fourth-order valence-electron chi connectivity index (χ4n) is 3.75. The van der Waals surface area contributed by atoms with Gasteiger partial charge in [-0.05, 0) is 71.2 Å². The molecule has 0 bridgehead atoms. The van der Waals surface area contributed by atoms with Gasteiger partial charge < -0.3 is 26.2 Å². The number of fused-ring (bicyclic) bond motifs is 1. The van der Waals surface area contributed by atoms with E-state index in [0.29, 0.717) is 36.9 Å². The van der Waals surface area contributed by atoms with E-state index in [-0.39, 0.29) is 10.9 Å². The molecule has 0 aromatic heterocycles. The summed E-state index contributed by atoms with van der Waals surface area (Å²) in [6, 6.07) is -0.667. The second kappa shape index (κ2) is 8.81. The van der Waals surface area contributed by atoms with Crippen LogP contribution in [0, 0.1) is 20.8 Å². The smallest absolute Gasteiger partial charge is 0.320 e. The number of hydrogen-bond acceptors (Lipinski definition) is 5. The number of nitrogens with one attached hydrogen (secondary N) is 2. The zero-order valence-electron chi connectivity index (χ0n) is 18.4. The number of benzene rings is 1. The maximum absolute atomic E-state index is 13.0. The van der Waals surface area contributed by atoms with Gasteiger partial charge in [-0.2, -0.15) is 8.42 Å². The molecule has 1 atom stereocenters. The molecule has 9 nitrogen and oxygen atoms in total. The van der Waals surface area contributed by atoms with Gasteiger partial charge in [0, 0.05) is 18.5 Å². The molecule has 1 aliphatic rings. The zero-order valence-corrected chi connectivity index (χ0v) is 19.2. The van der Waals surface area contributed by atoms with Gasteiger partial charge in [0.2, 0.25) is 5.96 Å². The minimum absolute atomic E-state index is 0.158. The number of rotatable bonds is 8. The van der Waals surface area contributed by atoms with E-state index >= 15 is 0 Å². The number of nitrogens with zero attached hydrogens (tertiary/aromatic N) is 1. The van der Waals surface area contributed by atoms with Gasteiger partial charge in [0.05, 0.1) is 4.90 Å². The molecule has 0 radical (unpaired) electrons. The van der Waals surface area contributed by atoms with Crippen LogP contribution in [0.15, 0.2) is 9.29 Å². The molecule has 0 aliphatic carbocycles. The predicted octanol–water partition coefficient (Wildman–Crippen LogP) is 1.37. The third-order valence-electron chi connectivity index (χ3n) is 5.39. The summed E-state index contributed by atoms with van der Waals surface area (Å²) in [5.74, 6) is -0.409. The Kier molecular flexibility index (Phi) is 7.03. The lowest BCUT2D eigenvalue weighted by molar-refractivity contribution is -0.139. The second-order valence-corrected chi connectivity index (χ2v) is 9.79. The summed E-state index contributed by atoms with van der Waals surface area (Å²) in [5.41, 5.74) is 8.31. The SMILES string of the molecule is CN[C@@H](CCCN/C(N)=N/S(=O)(=O)c1c(C)c(C)c2c(c1C)CC(C)(C)O2)C(=O)O. The van der Waals surface area contributed by atoms with Crippen LogP contribution in [0.4, 0.5) is 0 Å². The summed E-state index contributed by atoms with van der Waals surface area (Å²) < 4.78 is 35.9. The van der Waals surface area contributed by atoms with Crippen LogP contribution in [-0.4, -0.2) is 50.7 Å². The molecule has 0 fully saturated rings. The highest BCUT2D eigenvalue weighted by atomic mass is 32.2. The van der Waals surface area contributed by atoms with Crippen LogP contribution in [0.1, 0.15) is 48.9 Å². The van der Waals surface area contributed by atoms with Crippen LogP contribution in [0.3, 0.4) is 0 Å². The summed E-state index contributed by atoms with van der Waals surface area (Å²) in [4.78, 5) is 11.2. The minimum atomic E-state index is -4.04. The Morgan fingerprint density at radius 1 is 1.27 bits per heavy atom. The van der Waals surface area contributed by atoms with E-state index in [1.54, 1.807) is 20.9 Å². The number of guanidine groups is 1. The Hall–Kier alpha value is -2.33. The van der Waals surface area contributed by atoms with Crippen LogP contribution in [0.5, 0.6) is 5.75 Å². The summed E-state index contributed by atoms with van der Waals surface area (Å²) in [6.45, 7) is 9.61. The van der Waals surface area contributed by atoms with Gasteiger partial charge in [-0.25, -0.2) is 0 Å². The largest absolute Gasteiger partial charge is 0.487 e. The van der Waals surface area contributed by atoms with Gasteiger partial charge in [-0.15, -0.1) is 4.40 Å². The van der Waals surface area contributed by atoms with E-state index in [0.717, 1.165) is 16.9 Å². The highest BCUT2D eigenvalue weighted by molar-refractivity contribution is 7.90. The average molecular weight is 441 g/mol. The third kappa shape index (κ3) is 5.04. The van der Waals surface area contributed by atoms with Crippen molar-refractivity contribution >= 4 is 22.0 Å². The van der Waals surface area contributed by atoms with Gasteiger partial charge in [0.1, 0.15) is 17.4 Å². The molecule has 1 aromatic rings. The zero-order chi connectivity index (χ0) is 22.9. The van der Waals surface area contributed by atoms with E-state index in [1.807, 2.05) is 20.8 Å². The first-order valence-electron chi connectivity index (χ1n) is 9.86. The highest BCUT2D eigenvalue weighted by Crippen LogP contribution is 2.44. The van der Waals surface area contributed by atoms with Gasteiger partial charge in [0.15, 0.2) is 0 Å². The summed E-state index contributed by atoms with van der Waals surface area (Å²) in [5, 5.41) is 14.5. The molecule has 0 unspecified atom stereocenters. The van der Waals surface area contributed by atoms with Gasteiger partial charge in [-0.1, -0.05) is 0 Å². The van der Waals surface area contributed by atoms with Gasteiger partial charge in [0.25, 0.3) is 10.0 Å². The third-order valence-corrected chi connectivity index (χ3v) is 6.96. The summed E-state index contributed by atoms with van der Waals surface area (Å²) in [6.07, 6.45) is 1.47. The van der Waals surface area contributed by atoms with E-state index in [4.69, 9.17) is 15.6 Å². The van der Waals surface area contributed by atoms with Crippen molar-refractivity contribution in [1.82, 2.24) is 10.6 Å². The van der Waals surface area contributed by atoms with Crippen LogP contribution in [-0.2, 0) is 21.2 Å². The molecule has 0 saturated carbocycles. The van der Waals surface area contributed by atoms with Crippen LogP contribution < -0.4 is 21.1 Å². The fraction of sp³-hybridized carbons (Fsp3) is 0.600. The Morgan fingerprint density at radius 2 is 1.90 bits per heavy atom. The van der Waals surface area contributed by atoms with E-state index in [1.165, 1.54) is 0 Å². The number of sulfonamides is 1. The van der Waals surface area contributed by atoms with E-state index in [2.05, 4.69) is 15.0 Å². The van der Waals surface area contributed by atoms with Crippen molar-refractivity contribution in [1.29, 1.82) is 0 Å². The Morgan fingerprint density at radius 3 is 2.47 bits per heavy atom. The lowest BCUT2D eigenvalue weighted by Crippen LogP contribution is -2.36. The number of likely N-dealkylation sites (N-methyl/N-ethyl adjacent to an activating group) is 1. The molecule has 1 aromatic carbocycles. The van der Waals surface area contributed by atoms with Gasteiger partial charge >= 0.3 is 5.97 Å². The molecule has 0 saturated heterocycles. The summed E-state index contributed by atoms with van der Waals surface area (Å²) >= 11 is 0. The normalized spacial score (nSPS) is 16.7. The van der Waals surface area contributed by atoms with Crippen LogP contribution >= 0.6 is 0 Å². The molecule has 0 amide bonds. The number of nitrogens with two attached hydrogens (primary N) is 1. The van der Waals surface area contributed by atoms with E-state index < -0.39 is 27.6 Å². The molecule has 5 N–H and O–H groups in total. The topological polar surface area (TPSA) is 143 Å². The molecule has 2 rings (SSSR count). The predicted molar refractivity (Wildman–Crippen MR) is 116 cm³/mol. The maximum atomic E-state index is 13.0. The van der Waals surface area contributed by atoms with Crippen LogP contribution in [0.25, 0.3) is 0 Å². The Balaban J connectivity index is 2.22. The molecule has 1 aliphatic heterocycles.